The van der Waals surface area contributed by atoms with Gasteiger partial charge in [-0.15, -0.1) is 0 Å². The fourth-order valence-electron chi connectivity index (χ4n) is 2.06. The van der Waals surface area contributed by atoms with Crippen LogP contribution in [0.3, 0.4) is 0 Å². The van der Waals surface area contributed by atoms with Crippen LogP contribution in [0.15, 0.2) is 40.9 Å². The number of carbonyl (C=O) groups is 2. The molecule has 0 saturated carbocycles. The Morgan fingerprint density at radius 2 is 1.73 bits per heavy atom. The van der Waals surface area contributed by atoms with Gasteiger partial charge in [-0.3, -0.25) is 0 Å². The SMILES string of the molecule is COC(=O)c1cccc(-c2ccc(Br)c(F)c2)c1C(=O)OC. The van der Waals surface area contributed by atoms with Crippen LogP contribution in [-0.2, 0) is 9.47 Å². The van der Waals surface area contributed by atoms with Crippen molar-refractivity contribution in [3.8, 4) is 11.1 Å². The van der Waals surface area contributed by atoms with Gasteiger partial charge in [0.05, 0.1) is 29.8 Å². The topological polar surface area (TPSA) is 52.6 Å². The molecule has 0 amide bonds. The second-order valence-electron chi connectivity index (χ2n) is 4.34. The molecule has 0 aliphatic rings. The molecule has 2 rings (SSSR count). The van der Waals surface area contributed by atoms with Crippen LogP contribution in [0, 0.1) is 5.82 Å². The molecule has 2 aromatic rings. The normalized spacial score (nSPS) is 10.2. The quantitative estimate of drug-likeness (QED) is 0.774. The van der Waals surface area contributed by atoms with E-state index in [0.29, 0.717) is 15.6 Å². The fraction of sp³-hybridized carbons (Fsp3) is 0.125. The van der Waals surface area contributed by atoms with Gasteiger partial charge in [-0.2, -0.15) is 0 Å². The van der Waals surface area contributed by atoms with Crippen molar-refractivity contribution in [3.05, 3.63) is 57.8 Å². The summed E-state index contributed by atoms with van der Waals surface area (Å²) >= 11 is 3.07. The highest BCUT2D eigenvalue weighted by Crippen LogP contribution is 2.30. The molecule has 0 atom stereocenters. The Balaban J connectivity index is 2.72. The van der Waals surface area contributed by atoms with Crippen LogP contribution < -0.4 is 0 Å². The number of methoxy groups -OCH3 is 2. The largest absolute Gasteiger partial charge is 0.465 e. The molecule has 6 heteroatoms. The molecule has 0 N–H and O–H groups in total. The summed E-state index contributed by atoms with van der Waals surface area (Å²) in [5.74, 6) is -1.84. The van der Waals surface area contributed by atoms with Crippen molar-refractivity contribution >= 4 is 27.9 Å². The molecule has 0 aromatic heterocycles. The Hall–Kier alpha value is -2.21. The second-order valence-corrected chi connectivity index (χ2v) is 5.19. The average molecular weight is 367 g/mol. The molecule has 0 unspecified atom stereocenters. The summed E-state index contributed by atoms with van der Waals surface area (Å²) in [5.41, 5.74) is 0.946. The highest BCUT2D eigenvalue weighted by molar-refractivity contribution is 9.10. The molecule has 0 radical (unpaired) electrons. The van der Waals surface area contributed by atoms with E-state index in [2.05, 4.69) is 20.7 Å². The first-order valence-corrected chi connectivity index (χ1v) is 7.04. The molecule has 2 aromatic carbocycles. The molecule has 0 fully saturated rings. The standard InChI is InChI=1S/C16H12BrFO4/c1-21-15(19)11-5-3-4-10(14(11)16(20)22-2)9-6-7-12(17)13(18)8-9/h3-8H,1-2H3. The number of benzene rings is 2. The molecule has 0 aliphatic heterocycles. The lowest BCUT2D eigenvalue weighted by Crippen LogP contribution is -2.13. The van der Waals surface area contributed by atoms with E-state index in [0.717, 1.165) is 0 Å². The highest BCUT2D eigenvalue weighted by Gasteiger charge is 2.23. The predicted octanol–water partition coefficient (Wildman–Crippen LogP) is 3.83. The minimum atomic E-state index is -0.695. The molecule has 0 saturated heterocycles. The smallest absolute Gasteiger partial charge is 0.339 e. The van der Waals surface area contributed by atoms with Gasteiger partial charge in [-0.1, -0.05) is 18.2 Å². The van der Waals surface area contributed by atoms with Crippen molar-refractivity contribution in [1.29, 1.82) is 0 Å². The van der Waals surface area contributed by atoms with Crippen LogP contribution in [0.2, 0.25) is 0 Å². The van der Waals surface area contributed by atoms with Gasteiger partial charge in [-0.05, 0) is 45.3 Å². The lowest BCUT2D eigenvalue weighted by Gasteiger charge is -2.12. The van der Waals surface area contributed by atoms with Gasteiger partial charge in [0.15, 0.2) is 0 Å². The van der Waals surface area contributed by atoms with E-state index in [9.17, 15) is 14.0 Å². The molecular weight excluding hydrogens is 355 g/mol. The zero-order valence-electron chi connectivity index (χ0n) is 11.9. The van der Waals surface area contributed by atoms with E-state index >= 15 is 0 Å². The average Bonchev–Trinajstić information content (AvgIpc) is 2.55. The summed E-state index contributed by atoms with van der Waals surface area (Å²) in [4.78, 5) is 23.9. The van der Waals surface area contributed by atoms with Crippen molar-refractivity contribution in [2.24, 2.45) is 0 Å². The van der Waals surface area contributed by atoms with Gasteiger partial charge >= 0.3 is 11.9 Å². The minimum absolute atomic E-state index is 0.0403. The van der Waals surface area contributed by atoms with E-state index in [-0.39, 0.29) is 11.1 Å². The zero-order valence-corrected chi connectivity index (χ0v) is 13.4. The summed E-state index contributed by atoms with van der Waals surface area (Å²) < 4.78 is 23.5. The third kappa shape index (κ3) is 3.01. The number of carbonyl (C=O) groups excluding carboxylic acids is 2. The molecule has 0 bridgehead atoms. The number of esters is 2. The van der Waals surface area contributed by atoms with Crippen LogP contribution in [0.1, 0.15) is 20.7 Å². The van der Waals surface area contributed by atoms with Crippen LogP contribution in [0.5, 0.6) is 0 Å². The molecule has 0 heterocycles. The number of rotatable bonds is 3. The second kappa shape index (κ2) is 6.70. The maximum Gasteiger partial charge on any atom is 0.339 e. The summed E-state index contributed by atoms with van der Waals surface area (Å²) in [6, 6.07) is 9.09. The molecule has 4 nitrogen and oxygen atoms in total. The number of ether oxygens (including phenoxy) is 2. The summed E-state index contributed by atoms with van der Waals surface area (Å²) in [5, 5.41) is 0. The van der Waals surface area contributed by atoms with Crippen molar-refractivity contribution in [2.45, 2.75) is 0 Å². The lowest BCUT2D eigenvalue weighted by atomic mass is 9.95. The summed E-state index contributed by atoms with van der Waals surface area (Å²) in [7, 11) is 2.43. The van der Waals surface area contributed by atoms with Gasteiger partial charge in [0.1, 0.15) is 5.82 Å². The van der Waals surface area contributed by atoms with Crippen LogP contribution >= 0.6 is 15.9 Å². The Kier molecular flexibility index (Phi) is 4.92. The summed E-state index contributed by atoms with van der Waals surface area (Å²) in [6.45, 7) is 0. The zero-order chi connectivity index (χ0) is 16.3. The van der Waals surface area contributed by atoms with Crippen LogP contribution in [-0.4, -0.2) is 26.2 Å². The van der Waals surface area contributed by atoms with E-state index in [1.807, 2.05) is 0 Å². The lowest BCUT2D eigenvalue weighted by molar-refractivity contribution is 0.0556. The third-order valence-electron chi connectivity index (χ3n) is 3.09. The minimum Gasteiger partial charge on any atom is -0.465 e. The Bertz CT molecular complexity index is 743. The maximum atomic E-state index is 13.8. The first-order valence-electron chi connectivity index (χ1n) is 6.24. The van der Waals surface area contributed by atoms with Crippen molar-refractivity contribution < 1.29 is 23.5 Å². The molecule has 114 valence electrons. The Morgan fingerprint density at radius 3 is 2.32 bits per heavy atom. The monoisotopic (exact) mass is 366 g/mol. The number of hydrogen-bond acceptors (Lipinski definition) is 4. The molecule has 0 spiro atoms. The van der Waals surface area contributed by atoms with Crippen molar-refractivity contribution in [1.82, 2.24) is 0 Å². The van der Waals surface area contributed by atoms with Gasteiger partial charge < -0.3 is 9.47 Å². The van der Waals surface area contributed by atoms with E-state index in [1.165, 1.54) is 32.4 Å². The van der Waals surface area contributed by atoms with Crippen LogP contribution in [0.25, 0.3) is 11.1 Å². The van der Waals surface area contributed by atoms with E-state index < -0.39 is 17.8 Å². The van der Waals surface area contributed by atoms with Crippen molar-refractivity contribution in [2.75, 3.05) is 14.2 Å². The highest BCUT2D eigenvalue weighted by atomic mass is 79.9. The van der Waals surface area contributed by atoms with Crippen molar-refractivity contribution in [3.63, 3.8) is 0 Å². The molecule has 0 aliphatic carbocycles. The summed E-state index contributed by atoms with van der Waals surface area (Å²) in [6.07, 6.45) is 0. The van der Waals surface area contributed by atoms with Gasteiger partial charge in [0.2, 0.25) is 0 Å². The fourth-order valence-corrected chi connectivity index (χ4v) is 2.31. The van der Waals surface area contributed by atoms with Crippen LogP contribution in [0.4, 0.5) is 4.39 Å². The third-order valence-corrected chi connectivity index (χ3v) is 3.73. The first kappa shape index (κ1) is 16.2. The van der Waals surface area contributed by atoms with Gasteiger partial charge in [0, 0.05) is 0 Å². The first-order chi connectivity index (χ1) is 10.5. The van der Waals surface area contributed by atoms with Gasteiger partial charge in [0.25, 0.3) is 0 Å². The Morgan fingerprint density at radius 1 is 1.05 bits per heavy atom. The van der Waals surface area contributed by atoms with Gasteiger partial charge in [-0.25, -0.2) is 14.0 Å². The van der Waals surface area contributed by atoms with E-state index in [1.54, 1.807) is 18.2 Å². The predicted molar refractivity (Wildman–Crippen MR) is 82.2 cm³/mol. The Labute approximate surface area is 135 Å². The molecule has 22 heavy (non-hydrogen) atoms. The molecular formula is C16H12BrFO4. The number of hydrogen-bond donors (Lipinski definition) is 0. The maximum absolute atomic E-state index is 13.8. The van der Waals surface area contributed by atoms with E-state index in [4.69, 9.17) is 4.74 Å². The number of halogens is 2.